The minimum absolute atomic E-state index is 0.0832. The molecule has 0 aliphatic rings. The maximum absolute atomic E-state index is 11.2. The molecule has 0 aliphatic carbocycles. The first-order chi connectivity index (χ1) is 13.1. The molecule has 2 aromatic carbocycles. The van der Waals surface area contributed by atoms with E-state index in [0.29, 0.717) is 0 Å². The molecule has 7 heteroatoms. The molecule has 0 aliphatic heterocycles. The zero-order valence-electron chi connectivity index (χ0n) is 15.1. The quantitative estimate of drug-likeness (QED) is 0.587. The van der Waals surface area contributed by atoms with Crippen LogP contribution in [0.2, 0.25) is 0 Å². The highest BCUT2D eigenvalue weighted by molar-refractivity contribution is 5.92. The predicted molar refractivity (Wildman–Crippen MR) is 103 cm³/mol. The molecule has 7 nitrogen and oxygen atoms in total. The lowest BCUT2D eigenvalue weighted by molar-refractivity contribution is -0.114. The Labute approximate surface area is 156 Å². The van der Waals surface area contributed by atoms with Gasteiger partial charge in [0.05, 0.1) is 11.2 Å². The van der Waals surface area contributed by atoms with Crippen molar-refractivity contribution in [2.45, 2.75) is 20.0 Å². The van der Waals surface area contributed by atoms with Gasteiger partial charge in [0.25, 0.3) is 0 Å². The van der Waals surface area contributed by atoms with Crippen LogP contribution >= 0.6 is 0 Å². The summed E-state index contributed by atoms with van der Waals surface area (Å²) < 4.78 is 4.74. The van der Waals surface area contributed by atoms with Gasteiger partial charge in [0.1, 0.15) is 11.0 Å². The largest absolute Gasteiger partial charge is 0.326 e. The van der Waals surface area contributed by atoms with Gasteiger partial charge < -0.3 is 5.32 Å². The number of benzene rings is 2. The van der Waals surface area contributed by atoms with Crippen molar-refractivity contribution in [3.63, 3.8) is 0 Å². The molecule has 0 radical (unpaired) electrons. The predicted octanol–water partition coefficient (Wildman–Crippen LogP) is 3.36. The molecule has 0 fully saturated rings. The molecular weight excluding hydrogens is 342 g/mol. The zero-order valence-corrected chi connectivity index (χ0v) is 15.1. The van der Waals surface area contributed by atoms with Gasteiger partial charge in [-0.15, -0.1) is 0 Å². The maximum Gasteiger partial charge on any atom is 0.221 e. The van der Waals surface area contributed by atoms with E-state index in [1.165, 1.54) is 6.92 Å². The van der Waals surface area contributed by atoms with Crippen LogP contribution in [-0.2, 0) is 17.9 Å². The van der Waals surface area contributed by atoms with E-state index in [4.69, 9.17) is 9.61 Å². The molecule has 27 heavy (non-hydrogen) atoms. The summed E-state index contributed by atoms with van der Waals surface area (Å²) in [5.74, 6) is -0.0832. The molecule has 0 saturated heterocycles. The van der Waals surface area contributed by atoms with Crippen molar-refractivity contribution >= 4 is 33.5 Å². The second-order valence-electron chi connectivity index (χ2n) is 6.65. The van der Waals surface area contributed by atoms with Gasteiger partial charge in [-0.2, -0.15) is 0 Å². The summed E-state index contributed by atoms with van der Waals surface area (Å²) in [6.07, 6.45) is 0. The lowest BCUT2D eigenvalue weighted by atomic mass is 10.1. The standard InChI is InChI=1S/C20H19N5O2/c1-13(26)21-16-6-8-18-15(10-16)4-5-17(22-18)12-25(2)11-14-3-7-19-20(9-14)24-27-23-19/h3-10H,11-12H2,1-2H3,(H,21,26). The third kappa shape index (κ3) is 3.93. The van der Waals surface area contributed by atoms with Crippen molar-refractivity contribution in [1.82, 2.24) is 20.2 Å². The van der Waals surface area contributed by atoms with E-state index in [9.17, 15) is 4.79 Å². The van der Waals surface area contributed by atoms with Crippen LogP contribution in [0.5, 0.6) is 0 Å². The summed E-state index contributed by atoms with van der Waals surface area (Å²) >= 11 is 0. The summed E-state index contributed by atoms with van der Waals surface area (Å²) in [6, 6.07) is 15.7. The number of carbonyl (C=O) groups is 1. The highest BCUT2D eigenvalue weighted by Crippen LogP contribution is 2.19. The Morgan fingerprint density at radius 3 is 2.67 bits per heavy atom. The van der Waals surface area contributed by atoms with E-state index in [1.54, 1.807) is 0 Å². The number of hydrogen-bond acceptors (Lipinski definition) is 6. The number of nitrogens with zero attached hydrogens (tertiary/aromatic N) is 4. The number of anilines is 1. The van der Waals surface area contributed by atoms with Crippen molar-refractivity contribution in [2.24, 2.45) is 0 Å². The van der Waals surface area contributed by atoms with Crippen LogP contribution in [0.1, 0.15) is 18.2 Å². The summed E-state index contributed by atoms with van der Waals surface area (Å²) in [5.41, 5.74) is 5.34. The molecule has 0 spiro atoms. The molecule has 4 rings (SSSR count). The van der Waals surface area contributed by atoms with Crippen LogP contribution in [-0.4, -0.2) is 33.2 Å². The summed E-state index contributed by atoms with van der Waals surface area (Å²) in [4.78, 5) is 18.1. The number of fused-ring (bicyclic) bond motifs is 2. The Hall–Kier alpha value is -3.32. The van der Waals surface area contributed by atoms with E-state index in [0.717, 1.165) is 52.0 Å². The molecule has 0 bridgehead atoms. The van der Waals surface area contributed by atoms with Gasteiger partial charge in [0.15, 0.2) is 0 Å². The Morgan fingerprint density at radius 1 is 1.00 bits per heavy atom. The first kappa shape index (κ1) is 17.1. The maximum atomic E-state index is 11.2. The number of hydrogen-bond donors (Lipinski definition) is 1. The van der Waals surface area contributed by atoms with Gasteiger partial charge in [0.2, 0.25) is 5.91 Å². The highest BCUT2D eigenvalue weighted by atomic mass is 16.6. The Kier molecular flexibility index (Phi) is 4.52. The second-order valence-corrected chi connectivity index (χ2v) is 6.65. The third-order valence-corrected chi connectivity index (χ3v) is 4.27. The minimum atomic E-state index is -0.0832. The van der Waals surface area contributed by atoms with Crippen LogP contribution in [0, 0.1) is 0 Å². The van der Waals surface area contributed by atoms with Crippen molar-refractivity contribution in [2.75, 3.05) is 12.4 Å². The van der Waals surface area contributed by atoms with Crippen molar-refractivity contribution in [3.8, 4) is 0 Å². The monoisotopic (exact) mass is 361 g/mol. The van der Waals surface area contributed by atoms with Gasteiger partial charge in [-0.05, 0) is 59.3 Å². The molecule has 1 N–H and O–H groups in total. The van der Waals surface area contributed by atoms with Gasteiger partial charge in [0, 0.05) is 31.1 Å². The van der Waals surface area contributed by atoms with Crippen LogP contribution in [0.25, 0.3) is 21.9 Å². The average molecular weight is 361 g/mol. The summed E-state index contributed by atoms with van der Waals surface area (Å²) in [7, 11) is 2.05. The van der Waals surface area contributed by atoms with Gasteiger partial charge in [-0.1, -0.05) is 12.1 Å². The number of nitrogens with one attached hydrogen (secondary N) is 1. The van der Waals surface area contributed by atoms with Crippen molar-refractivity contribution in [3.05, 3.63) is 59.8 Å². The molecule has 0 unspecified atom stereocenters. The average Bonchev–Trinajstić information content (AvgIpc) is 3.09. The number of aromatic nitrogens is 3. The van der Waals surface area contributed by atoms with E-state index in [1.807, 2.05) is 48.5 Å². The number of pyridine rings is 1. The number of carbonyl (C=O) groups excluding carboxylic acids is 1. The fourth-order valence-corrected chi connectivity index (χ4v) is 3.11. The second kappa shape index (κ2) is 7.13. The molecule has 0 saturated carbocycles. The van der Waals surface area contributed by atoms with Crippen LogP contribution in [0.15, 0.2) is 53.2 Å². The van der Waals surface area contributed by atoms with E-state index in [-0.39, 0.29) is 5.91 Å². The molecule has 4 aromatic rings. The van der Waals surface area contributed by atoms with Crippen LogP contribution in [0.3, 0.4) is 0 Å². The lowest BCUT2D eigenvalue weighted by Gasteiger charge is -2.16. The van der Waals surface area contributed by atoms with Crippen LogP contribution in [0.4, 0.5) is 5.69 Å². The lowest BCUT2D eigenvalue weighted by Crippen LogP contribution is -2.18. The van der Waals surface area contributed by atoms with E-state index < -0.39 is 0 Å². The van der Waals surface area contributed by atoms with Gasteiger partial charge in [-0.25, -0.2) is 4.63 Å². The van der Waals surface area contributed by atoms with Gasteiger partial charge >= 0.3 is 0 Å². The molecule has 2 aromatic heterocycles. The van der Waals surface area contributed by atoms with Gasteiger partial charge in [-0.3, -0.25) is 14.7 Å². The topological polar surface area (TPSA) is 84.2 Å². The fraction of sp³-hybridized carbons (Fsp3) is 0.200. The first-order valence-corrected chi connectivity index (χ1v) is 8.64. The minimum Gasteiger partial charge on any atom is -0.326 e. The van der Waals surface area contributed by atoms with Crippen LogP contribution < -0.4 is 5.32 Å². The fourth-order valence-electron chi connectivity index (χ4n) is 3.11. The Morgan fingerprint density at radius 2 is 1.81 bits per heavy atom. The SMILES string of the molecule is CC(=O)Nc1ccc2nc(CN(C)Cc3ccc4nonc4c3)ccc2c1. The summed E-state index contributed by atoms with van der Waals surface area (Å²) in [5, 5.41) is 11.5. The summed E-state index contributed by atoms with van der Waals surface area (Å²) in [6.45, 7) is 2.99. The zero-order chi connectivity index (χ0) is 18.8. The van der Waals surface area contributed by atoms with Crippen molar-refractivity contribution in [1.29, 1.82) is 0 Å². The normalized spacial score (nSPS) is 11.4. The third-order valence-electron chi connectivity index (χ3n) is 4.27. The van der Waals surface area contributed by atoms with E-state index in [2.05, 4.69) is 27.6 Å². The smallest absolute Gasteiger partial charge is 0.221 e. The molecule has 136 valence electrons. The first-order valence-electron chi connectivity index (χ1n) is 8.64. The Balaban J connectivity index is 1.47. The number of rotatable bonds is 5. The molecule has 2 heterocycles. The molecule has 1 amide bonds. The number of amides is 1. The molecular formula is C20H19N5O2. The van der Waals surface area contributed by atoms with Crippen molar-refractivity contribution < 1.29 is 9.42 Å². The highest BCUT2D eigenvalue weighted by Gasteiger charge is 2.07. The molecule has 0 atom stereocenters. The Bertz CT molecular complexity index is 1120. The van der Waals surface area contributed by atoms with E-state index >= 15 is 0 Å².